The lowest BCUT2D eigenvalue weighted by Gasteiger charge is -2.11. The summed E-state index contributed by atoms with van der Waals surface area (Å²) >= 11 is 1.35. The zero-order chi connectivity index (χ0) is 20.8. The van der Waals surface area contributed by atoms with Gasteiger partial charge in [-0.25, -0.2) is 4.79 Å². The van der Waals surface area contributed by atoms with Gasteiger partial charge in [0.15, 0.2) is 0 Å². The lowest BCUT2D eigenvalue weighted by atomic mass is 10.1. The number of methoxy groups -OCH3 is 2. The molecular weight excluding hydrogens is 390 g/mol. The van der Waals surface area contributed by atoms with Crippen molar-refractivity contribution in [2.45, 2.75) is 20.0 Å². The molecule has 0 spiro atoms. The Morgan fingerprint density at radius 3 is 2.62 bits per heavy atom. The fourth-order valence-electron chi connectivity index (χ4n) is 2.88. The number of esters is 1. The number of ether oxygens (including phenoxy) is 3. The molecule has 0 saturated carbocycles. The zero-order valence-corrected chi connectivity index (χ0v) is 17.4. The second-order valence-electron chi connectivity index (χ2n) is 6.39. The minimum Gasteiger partial charge on any atom is -0.496 e. The van der Waals surface area contributed by atoms with Crippen LogP contribution in [0, 0.1) is 0 Å². The van der Waals surface area contributed by atoms with Crippen molar-refractivity contribution in [1.29, 1.82) is 0 Å². The number of hydrogen-bond acceptors (Lipinski definition) is 6. The zero-order valence-electron chi connectivity index (χ0n) is 16.6. The van der Waals surface area contributed by atoms with E-state index in [1.54, 1.807) is 31.4 Å². The summed E-state index contributed by atoms with van der Waals surface area (Å²) < 4.78 is 16.7. The third-order valence-corrected chi connectivity index (χ3v) is 5.41. The van der Waals surface area contributed by atoms with Crippen molar-refractivity contribution in [3.05, 3.63) is 58.5 Å². The molecule has 0 aliphatic heterocycles. The highest BCUT2D eigenvalue weighted by molar-refractivity contribution is 7.20. The lowest BCUT2D eigenvalue weighted by molar-refractivity contribution is 0.0606. The van der Waals surface area contributed by atoms with Crippen molar-refractivity contribution in [3.8, 4) is 5.75 Å². The largest absolute Gasteiger partial charge is 0.496 e. The highest BCUT2D eigenvalue weighted by Gasteiger charge is 2.13. The minimum atomic E-state index is -0.368. The molecule has 1 heterocycles. The molecule has 0 aliphatic rings. The summed E-state index contributed by atoms with van der Waals surface area (Å²) in [5.41, 5.74) is 1.99. The van der Waals surface area contributed by atoms with Crippen LogP contribution in [0.5, 0.6) is 5.75 Å². The molecule has 2 aromatic carbocycles. The molecule has 1 aromatic heterocycles. The first kappa shape index (κ1) is 20.8. The van der Waals surface area contributed by atoms with Crippen LogP contribution < -0.4 is 10.1 Å². The maximum Gasteiger partial charge on any atom is 0.348 e. The molecule has 0 saturated heterocycles. The number of anilines is 1. The molecule has 152 valence electrons. The van der Waals surface area contributed by atoms with E-state index in [2.05, 4.69) is 5.32 Å². The molecule has 3 aromatic rings. The molecule has 0 atom stereocenters. The quantitative estimate of drug-likeness (QED) is 0.421. The summed E-state index contributed by atoms with van der Waals surface area (Å²) in [4.78, 5) is 25.0. The van der Waals surface area contributed by atoms with Crippen LogP contribution in [-0.4, -0.2) is 32.7 Å². The summed E-state index contributed by atoms with van der Waals surface area (Å²) in [6.45, 7) is 3.07. The molecule has 29 heavy (non-hydrogen) atoms. The smallest absolute Gasteiger partial charge is 0.348 e. The number of nitrogens with one attached hydrogen (secondary N) is 1. The fourth-order valence-corrected chi connectivity index (χ4v) is 3.85. The monoisotopic (exact) mass is 413 g/mol. The van der Waals surface area contributed by atoms with Crippen LogP contribution in [0.25, 0.3) is 10.1 Å². The van der Waals surface area contributed by atoms with E-state index in [9.17, 15) is 9.59 Å². The number of carbonyl (C=O) groups excluding carboxylic acids is 2. The predicted molar refractivity (Wildman–Crippen MR) is 114 cm³/mol. The Hall–Kier alpha value is -2.90. The molecular formula is C22H23NO5S. The Morgan fingerprint density at radius 2 is 1.90 bits per heavy atom. The van der Waals surface area contributed by atoms with Crippen LogP contribution in [0.4, 0.5) is 5.69 Å². The Bertz CT molecular complexity index is 1030. The van der Waals surface area contributed by atoms with Crippen LogP contribution >= 0.6 is 11.3 Å². The van der Waals surface area contributed by atoms with E-state index in [1.807, 2.05) is 25.1 Å². The Morgan fingerprint density at radius 1 is 1.07 bits per heavy atom. The maximum atomic E-state index is 12.7. The molecule has 3 rings (SSSR count). The summed E-state index contributed by atoms with van der Waals surface area (Å²) in [6.07, 6.45) is 0.922. The number of amides is 1. The van der Waals surface area contributed by atoms with Crippen LogP contribution in [-0.2, 0) is 16.1 Å². The van der Waals surface area contributed by atoms with Crippen molar-refractivity contribution in [3.63, 3.8) is 0 Å². The average molecular weight is 413 g/mol. The first-order valence-corrected chi connectivity index (χ1v) is 10.0. The van der Waals surface area contributed by atoms with E-state index < -0.39 is 0 Å². The predicted octanol–water partition coefficient (Wildman–Crippen LogP) is 4.88. The molecule has 1 amide bonds. The van der Waals surface area contributed by atoms with Gasteiger partial charge in [0.05, 0.1) is 20.8 Å². The van der Waals surface area contributed by atoms with Crippen LogP contribution in [0.3, 0.4) is 0 Å². The molecule has 1 N–H and O–H groups in total. The standard InChI is InChI=1S/C22H23NO5S/c1-4-9-28-13-16-10-14(5-7-18(16)26-2)21(24)23-17-6-8-19-15(11-17)12-20(29-19)22(25)27-3/h5-8,10-12H,4,9,13H2,1-3H3,(H,23,24). The van der Waals surface area contributed by atoms with Crippen molar-refractivity contribution >= 4 is 39.0 Å². The van der Waals surface area contributed by atoms with E-state index in [0.29, 0.717) is 35.1 Å². The van der Waals surface area contributed by atoms with Crippen LogP contribution in [0.2, 0.25) is 0 Å². The first-order chi connectivity index (χ1) is 14.0. The molecule has 0 aliphatic carbocycles. The number of fused-ring (bicyclic) bond motifs is 1. The maximum absolute atomic E-state index is 12.7. The van der Waals surface area contributed by atoms with E-state index in [4.69, 9.17) is 14.2 Å². The van der Waals surface area contributed by atoms with Crippen LogP contribution in [0.15, 0.2) is 42.5 Å². The molecule has 0 bridgehead atoms. The summed E-state index contributed by atoms with van der Waals surface area (Å²) in [7, 11) is 2.95. The normalized spacial score (nSPS) is 10.7. The topological polar surface area (TPSA) is 73.9 Å². The van der Waals surface area contributed by atoms with Crippen LogP contribution in [0.1, 0.15) is 38.9 Å². The summed E-state index contributed by atoms with van der Waals surface area (Å²) in [5.74, 6) is 0.0905. The molecule has 7 heteroatoms. The summed E-state index contributed by atoms with van der Waals surface area (Å²) in [5, 5.41) is 3.77. The highest BCUT2D eigenvalue weighted by atomic mass is 32.1. The molecule has 6 nitrogen and oxygen atoms in total. The van der Waals surface area contributed by atoms with Gasteiger partial charge in [-0.3, -0.25) is 4.79 Å². The SMILES string of the molecule is CCCOCc1cc(C(=O)Nc2ccc3sc(C(=O)OC)cc3c2)ccc1OC. The van der Waals surface area contributed by atoms with Gasteiger partial charge in [0.2, 0.25) is 0 Å². The van der Waals surface area contributed by atoms with E-state index in [-0.39, 0.29) is 11.9 Å². The van der Waals surface area contributed by atoms with Gasteiger partial charge in [0.1, 0.15) is 10.6 Å². The van der Waals surface area contributed by atoms with E-state index in [0.717, 1.165) is 22.1 Å². The van der Waals surface area contributed by atoms with Gasteiger partial charge in [-0.2, -0.15) is 0 Å². The fraction of sp³-hybridized carbons (Fsp3) is 0.273. The number of rotatable bonds is 8. The molecule has 0 unspecified atom stereocenters. The number of hydrogen-bond donors (Lipinski definition) is 1. The van der Waals surface area contributed by atoms with Crippen molar-refractivity contribution < 1.29 is 23.8 Å². The highest BCUT2D eigenvalue weighted by Crippen LogP contribution is 2.29. The van der Waals surface area contributed by atoms with Gasteiger partial charge in [-0.1, -0.05) is 6.92 Å². The van der Waals surface area contributed by atoms with Gasteiger partial charge in [0.25, 0.3) is 5.91 Å². The van der Waals surface area contributed by atoms with Crippen molar-refractivity contribution in [2.75, 3.05) is 26.1 Å². The second-order valence-corrected chi connectivity index (χ2v) is 7.47. The van der Waals surface area contributed by atoms with Gasteiger partial charge in [0, 0.05) is 28.1 Å². The van der Waals surface area contributed by atoms with Crippen molar-refractivity contribution in [1.82, 2.24) is 0 Å². The molecule has 0 fully saturated rings. The Balaban J connectivity index is 1.78. The van der Waals surface area contributed by atoms with E-state index >= 15 is 0 Å². The average Bonchev–Trinajstić information content (AvgIpc) is 3.16. The van der Waals surface area contributed by atoms with Crippen molar-refractivity contribution in [2.24, 2.45) is 0 Å². The van der Waals surface area contributed by atoms with Gasteiger partial charge >= 0.3 is 5.97 Å². The Kier molecular flexibility index (Phi) is 6.85. The van der Waals surface area contributed by atoms with E-state index in [1.165, 1.54) is 18.4 Å². The Labute approximate surface area is 173 Å². The number of benzene rings is 2. The number of thiophene rings is 1. The number of carbonyl (C=O) groups is 2. The minimum absolute atomic E-state index is 0.229. The molecule has 0 radical (unpaired) electrons. The van der Waals surface area contributed by atoms with Gasteiger partial charge in [-0.05, 0) is 54.3 Å². The van der Waals surface area contributed by atoms with Gasteiger partial charge < -0.3 is 19.5 Å². The van der Waals surface area contributed by atoms with Gasteiger partial charge in [-0.15, -0.1) is 11.3 Å². The lowest BCUT2D eigenvalue weighted by Crippen LogP contribution is -2.12. The second kappa shape index (κ2) is 9.54. The third kappa shape index (κ3) is 4.93. The first-order valence-electron chi connectivity index (χ1n) is 9.23. The summed E-state index contributed by atoms with van der Waals surface area (Å²) in [6, 6.07) is 12.6. The third-order valence-electron chi connectivity index (χ3n) is 4.31.